The molecule has 5 nitrogen and oxygen atoms in total. The zero-order chi connectivity index (χ0) is 12.1. The van der Waals surface area contributed by atoms with Crippen LogP contribution in [0.4, 0.5) is 0 Å². The molecule has 2 atom stereocenters. The minimum Gasteiger partial charge on any atom is -0.378 e. The van der Waals surface area contributed by atoms with Gasteiger partial charge >= 0.3 is 0 Å². The predicted molar refractivity (Wildman–Crippen MR) is 65.8 cm³/mol. The Labute approximate surface area is 103 Å². The molecule has 0 amide bonds. The zero-order valence-corrected chi connectivity index (χ0v) is 10.7. The van der Waals surface area contributed by atoms with Crippen molar-refractivity contribution in [1.29, 1.82) is 0 Å². The number of likely N-dealkylation sites (N-methyl/N-ethyl adjacent to an activating group) is 1. The van der Waals surface area contributed by atoms with Crippen molar-refractivity contribution in [2.75, 3.05) is 13.7 Å². The van der Waals surface area contributed by atoms with E-state index in [9.17, 15) is 0 Å². The second-order valence-electron chi connectivity index (χ2n) is 4.70. The third-order valence-corrected chi connectivity index (χ3v) is 3.50. The van der Waals surface area contributed by atoms with E-state index in [1.165, 1.54) is 12.8 Å². The quantitative estimate of drug-likeness (QED) is 0.800. The van der Waals surface area contributed by atoms with Gasteiger partial charge in [-0.15, -0.1) is 0 Å². The first kappa shape index (κ1) is 12.5. The number of hydrogen-bond donors (Lipinski definition) is 1. The van der Waals surface area contributed by atoms with Crippen LogP contribution in [0.5, 0.6) is 0 Å². The zero-order valence-electron chi connectivity index (χ0n) is 10.7. The Hall–Kier alpha value is -0.940. The van der Waals surface area contributed by atoms with Gasteiger partial charge in [0.05, 0.1) is 6.10 Å². The topological polar surface area (TPSA) is 52.0 Å². The molecule has 2 rings (SSSR count). The van der Waals surface area contributed by atoms with Crippen LogP contribution in [0.25, 0.3) is 0 Å². The van der Waals surface area contributed by atoms with Crippen molar-refractivity contribution in [2.45, 2.75) is 44.2 Å². The number of rotatable bonds is 6. The third kappa shape index (κ3) is 3.51. The molecule has 1 fully saturated rings. The summed E-state index contributed by atoms with van der Waals surface area (Å²) in [7, 11) is 3.95. The number of aromatic nitrogens is 3. The van der Waals surface area contributed by atoms with E-state index in [4.69, 9.17) is 4.74 Å². The summed E-state index contributed by atoms with van der Waals surface area (Å²) >= 11 is 0. The molecule has 96 valence electrons. The number of aryl methyl sites for hydroxylation is 1. The first-order chi connectivity index (χ1) is 8.29. The Balaban J connectivity index is 1.78. The summed E-state index contributed by atoms with van der Waals surface area (Å²) in [4.78, 5) is 4.26. The number of nitrogens with zero attached hydrogens (tertiary/aromatic N) is 3. The number of hydrogen-bond acceptors (Lipinski definition) is 4. The molecule has 0 radical (unpaired) electrons. The fraction of sp³-hybridized carbons (Fsp3) is 0.833. The van der Waals surface area contributed by atoms with Crippen molar-refractivity contribution in [3.8, 4) is 0 Å². The lowest BCUT2D eigenvalue weighted by Crippen LogP contribution is -2.30. The molecule has 5 heteroatoms. The van der Waals surface area contributed by atoms with E-state index in [-0.39, 0.29) is 0 Å². The van der Waals surface area contributed by atoms with Gasteiger partial charge in [0.25, 0.3) is 0 Å². The standard InChI is InChI=1S/C12H22N4O/c1-13-10(5-6-11-4-3-7-17-11)8-12-14-9-15-16(12)2/h9-11,13H,3-8H2,1-2H3. The Morgan fingerprint density at radius 3 is 3.12 bits per heavy atom. The molecule has 0 aliphatic carbocycles. The van der Waals surface area contributed by atoms with Crippen molar-refractivity contribution in [3.05, 3.63) is 12.2 Å². The van der Waals surface area contributed by atoms with Crippen LogP contribution in [-0.4, -0.2) is 40.6 Å². The molecule has 17 heavy (non-hydrogen) atoms. The molecule has 1 aromatic heterocycles. The highest BCUT2D eigenvalue weighted by atomic mass is 16.5. The summed E-state index contributed by atoms with van der Waals surface area (Å²) in [5.74, 6) is 1.04. The Morgan fingerprint density at radius 2 is 2.53 bits per heavy atom. The molecule has 2 unspecified atom stereocenters. The van der Waals surface area contributed by atoms with Crippen LogP contribution >= 0.6 is 0 Å². The van der Waals surface area contributed by atoms with E-state index in [2.05, 4.69) is 15.4 Å². The maximum Gasteiger partial charge on any atom is 0.138 e. The summed E-state index contributed by atoms with van der Waals surface area (Å²) < 4.78 is 7.49. The average Bonchev–Trinajstić information content (AvgIpc) is 2.96. The number of ether oxygens (including phenoxy) is 1. The van der Waals surface area contributed by atoms with E-state index < -0.39 is 0 Å². The number of nitrogens with one attached hydrogen (secondary N) is 1. The molecule has 1 N–H and O–H groups in total. The maximum absolute atomic E-state index is 5.65. The highest BCUT2D eigenvalue weighted by Crippen LogP contribution is 2.18. The fourth-order valence-corrected chi connectivity index (χ4v) is 2.33. The van der Waals surface area contributed by atoms with Crippen LogP contribution in [0.2, 0.25) is 0 Å². The molecular formula is C12H22N4O. The molecule has 0 saturated carbocycles. The van der Waals surface area contributed by atoms with Crippen LogP contribution < -0.4 is 5.32 Å². The monoisotopic (exact) mass is 238 g/mol. The summed E-state index contributed by atoms with van der Waals surface area (Å²) in [5.41, 5.74) is 0. The normalized spacial score (nSPS) is 21.9. The van der Waals surface area contributed by atoms with Crippen molar-refractivity contribution in [3.63, 3.8) is 0 Å². The molecule has 1 aliphatic rings. The highest BCUT2D eigenvalue weighted by Gasteiger charge is 2.18. The minimum absolute atomic E-state index is 0.460. The lowest BCUT2D eigenvalue weighted by Gasteiger charge is -2.17. The second kappa shape index (κ2) is 6.12. The molecule has 1 aromatic rings. The predicted octanol–water partition coefficient (Wildman–Crippen LogP) is 0.905. The van der Waals surface area contributed by atoms with Crippen molar-refractivity contribution < 1.29 is 4.74 Å². The van der Waals surface area contributed by atoms with Gasteiger partial charge in [-0.2, -0.15) is 5.10 Å². The summed E-state index contributed by atoms with van der Waals surface area (Å²) in [6, 6.07) is 0.460. The van der Waals surface area contributed by atoms with Crippen LogP contribution in [0.3, 0.4) is 0 Å². The van der Waals surface area contributed by atoms with Gasteiger partial charge in [-0.05, 0) is 32.7 Å². The molecule has 2 heterocycles. The van der Waals surface area contributed by atoms with Gasteiger partial charge in [0.2, 0.25) is 0 Å². The summed E-state index contributed by atoms with van der Waals surface area (Å²) in [6.07, 6.45) is 7.74. The van der Waals surface area contributed by atoms with Gasteiger partial charge in [-0.3, -0.25) is 4.68 Å². The molecule has 0 spiro atoms. The van der Waals surface area contributed by atoms with E-state index >= 15 is 0 Å². The summed E-state index contributed by atoms with van der Waals surface area (Å²) in [5, 5.41) is 7.45. The Morgan fingerprint density at radius 1 is 1.65 bits per heavy atom. The van der Waals surface area contributed by atoms with Gasteiger partial charge < -0.3 is 10.1 Å². The first-order valence-electron chi connectivity index (χ1n) is 6.41. The van der Waals surface area contributed by atoms with Gasteiger partial charge in [-0.1, -0.05) is 0 Å². The van der Waals surface area contributed by atoms with E-state index in [0.29, 0.717) is 12.1 Å². The van der Waals surface area contributed by atoms with Gasteiger partial charge in [0.1, 0.15) is 12.2 Å². The largest absolute Gasteiger partial charge is 0.378 e. The highest BCUT2D eigenvalue weighted by molar-refractivity contribution is 4.89. The van der Waals surface area contributed by atoms with Crippen molar-refractivity contribution in [2.24, 2.45) is 7.05 Å². The van der Waals surface area contributed by atoms with Crippen LogP contribution in [0, 0.1) is 0 Å². The van der Waals surface area contributed by atoms with Crippen LogP contribution in [0.1, 0.15) is 31.5 Å². The Kier molecular flexibility index (Phi) is 4.50. The minimum atomic E-state index is 0.460. The second-order valence-corrected chi connectivity index (χ2v) is 4.70. The lowest BCUT2D eigenvalue weighted by atomic mass is 10.0. The molecule has 0 bridgehead atoms. The smallest absolute Gasteiger partial charge is 0.138 e. The van der Waals surface area contributed by atoms with Crippen LogP contribution in [0.15, 0.2) is 6.33 Å². The van der Waals surface area contributed by atoms with Crippen molar-refractivity contribution in [1.82, 2.24) is 20.1 Å². The van der Waals surface area contributed by atoms with E-state index in [1.807, 2.05) is 18.8 Å². The molecule has 0 aromatic carbocycles. The average molecular weight is 238 g/mol. The first-order valence-corrected chi connectivity index (χ1v) is 6.41. The molecular weight excluding hydrogens is 216 g/mol. The Bertz CT molecular complexity index is 333. The van der Waals surface area contributed by atoms with Crippen molar-refractivity contribution >= 4 is 0 Å². The van der Waals surface area contributed by atoms with Crippen LogP contribution in [-0.2, 0) is 18.2 Å². The van der Waals surface area contributed by atoms with Gasteiger partial charge in [0, 0.05) is 26.1 Å². The summed E-state index contributed by atoms with van der Waals surface area (Å²) in [6.45, 7) is 0.943. The SMILES string of the molecule is CNC(CCC1CCCO1)Cc1ncnn1C. The third-order valence-electron chi connectivity index (χ3n) is 3.50. The fourth-order valence-electron chi connectivity index (χ4n) is 2.33. The van der Waals surface area contributed by atoms with Gasteiger partial charge in [0.15, 0.2) is 0 Å². The van der Waals surface area contributed by atoms with E-state index in [0.717, 1.165) is 31.7 Å². The molecule has 1 saturated heterocycles. The molecule has 1 aliphatic heterocycles. The maximum atomic E-state index is 5.65. The lowest BCUT2D eigenvalue weighted by molar-refractivity contribution is 0.0997. The van der Waals surface area contributed by atoms with Gasteiger partial charge in [-0.25, -0.2) is 4.98 Å². The van der Waals surface area contributed by atoms with E-state index in [1.54, 1.807) is 6.33 Å².